The normalized spacial score (nSPS) is 28.8. The van der Waals surface area contributed by atoms with E-state index in [1.807, 2.05) is 0 Å². The number of likely N-dealkylation sites (tertiary alicyclic amines) is 1. The number of fused-ring (bicyclic) bond motifs is 3. The van der Waals surface area contributed by atoms with E-state index in [2.05, 4.69) is 28.6 Å². The summed E-state index contributed by atoms with van der Waals surface area (Å²) in [6.45, 7) is 9.60. The van der Waals surface area contributed by atoms with Gasteiger partial charge in [0.2, 0.25) is 5.95 Å². The van der Waals surface area contributed by atoms with Crippen LogP contribution in [0.3, 0.4) is 0 Å². The SMILES string of the molecule is CC(C)CN1C[C@@H]2c3nc(N4CCOCC4)ncc3CS(=O)(=O)[C@@H]2C1. The van der Waals surface area contributed by atoms with Crippen LogP contribution in [-0.2, 0) is 20.3 Å². The van der Waals surface area contributed by atoms with Crippen LogP contribution in [0.5, 0.6) is 0 Å². The molecule has 7 nitrogen and oxygen atoms in total. The monoisotopic (exact) mass is 366 g/mol. The number of hydrogen-bond donors (Lipinski definition) is 0. The number of aromatic nitrogens is 2. The van der Waals surface area contributed by atoms with Gasteiger partial charge in [-0.15, -0.1) is 0 Å². The van der Waals surface area contributed by atoms with Gasteiger partial charge in [-0.25, -0.2) is 18.4 Å². The maximum Gasteiger partial charge on any atom is 0.225 e. The van der Waals surface area contributed by atoms with Crippen molar-refractivity contribution in [1.29, 1.82) is 0 Å². The first kappa shape index (κ1) is 17.2. The summed E-state index contributed by atoms with van der Waals surface area (Å²) in [6.07, 6.45) is 1.73. The molecule has 0 saturated carbocycles. The molecule has 3 aliphatic rings. The van der Waals surface area contributed by atoms with Crippen LogP contribution in [-0.4, -0.2) is 74.5 Å². The number of sulfone groups is 1. The van der Waals surface area contributed by atoms with Crippen molar-refractivity contribution >= 4 is 15.8 Å². The van der Waals surface area contributed by atoms with Gasteiger partial charge in [0, 0.05) is 50.4 Å². The Morgan fingerprint density at radius 1 is 1.28 bits per heavy atom. The molecular weight excluding hydrogens is 340 g/mol. The number of anilines is 1. The third kappa shape index (κ3) is 3.27. The number of rotatable bonds is 3. The molecule has 0 N–H and O–H groups in total. The summed E-state index contributed by atoms with van der Waals surface area (Å²) in [6, 6.07) is 0. The summed E-state index contributed by atoms with van der Waals surface area (Å²) in [5.74, 6) is 1.27. The Labute approximate surface area is 149 Å². The van der Waals surface area contributed by atoms with E-state index in [9.17, 15) is 8.42 Å². The molecule has 0 aromatic carbocycles. The van der Waals surface area contributed by atoms with Crippen molar-refractivity contribution in [3.8, 4) is 0 Å². The fraction of sp³-hybridized carbons (Fsp3) is 0.765. The van der Waals surface area contributed by atoms with E-state index in [-0.39, 0.29) is 16.9 Å². The molecule has 0 amide bonds. The minimum atomic E-state index is -3.14. The van der Waals surface area contributed by atoms with E-state index >= 15 is 0 Å². The molecule has 2 fully saturated rings. The molecule has 0 spiro atoms. The van der Waals surface area contributed by atoms with Crippen LogP contribution in [0.1, 0.15) is 31.0 Å². The van der Waals surface area contributed by atoms with Gasteiger partial charge in [0.05, 0.1) is 29.9 Å². The zero-order valence-electron chi connectivity index (χ0n) is 14.9. The lowest BCUT2D eigenvalue weighted by Gasteiger charge is -2.30. The maximum atomic E-state index is 12.7. The molecule has 25 heavy (non-hydrogen) atoms. The molecule has 2 atom stereocenters. The number of nitrogens with zero attached hydrogens (tertiary/aromatic N) is 4. The fourth-order valence-corrected chi connectivity index (χ4v) is 6.25. The molecule has 0 aliphatic carbocycles. The number of morpholine rings is 1. The van der Waals surface area contributed by atoms with Crippen LogP contribution in [0, 0.1) is 5.92 Å². The topological polar surface area (TPSA) is 75.6 Å². The Kier molecular flexibility index (Phi) is 4.45. The summed E-state index contributed by atoms with van der Waals surface area (Å²) in [4.78, 5) is 13.7. The van der Waals surface area contributed by atoms with Gasteiger partial charge < -0.3 is 14.5 Å². The van der Waals surface area contributed by atoms with Crippen molar-refractivity contribution in [3.05, 3.63) is 17.5 Å². The lowest BCUT2D eigenvalue weighted by atomic mass is 10.00. The second kappa shape index (κ2) is 6.48. The average molecular weight is 366 g/mol. The van der Waals surface area contributed by atoms with E-state index in [1.165, 1.54) is 0 Å². The van der Waals surface area contributed by atoms with E-state index < -0.39 is 9.84 Å². The molecule has 4 heterocycles. The van der Waals surface area contributed by atoms with Crippen LogP contribution in [0.2, 0.25) is 0 Å². The predicted octanol–water partition coefficient (Wildman–Crippen LogP) is 0.665. The second-order valence-electron chi connectivity index (χ2n) is 7.74. The van der Waals surface area contributed by atoms with Crippen molar-refractivity contribution in [3.63, 3.8) is 0 Å². The van der Waals surface area contributed by atoms with Gasteiger partial charge in [0.25, 0.3) is 0 Å². The Balaban J connectivity index is 1.66. The molecule has 4 rings (SSSR count). The zero-order valence-corrected chi connectivity index (χ0v) is 15.7. The van der Waals surface area contributed by atoms with Crippen molar-refractivity contribution in [2.75, 3.05) is 50.8 Å². The highest BCUT2D eigenvalue weighted by atomic mass is 32.2. The van der Waals surface area contributed by atoms with E-state index in [1.54, 1.807) is 6.20 Å². The zero-order chi connectivity index (χ0) is 17.6. The molecule has 1 aromatic rings. The Bertz CT molecular complexity index is 746. The van der Waals surface area contributed by atoms with Gasteiger partial charge in [-0.1, -0.05) is 13.8 Å². The standard InChI is InChI=1S/C17H26N4O3S/c1-12(2)8-20-9-14-15(10-20)25(22,23)11-13-7-18-17(19-16(13)14)21-3-5-24-6-4-21/h7,12,14-15H,3-6,8-11H2,1-2H3/t14-,15+/m0/s1. The first-order valence-corrected chi connectivity index (χ1v) is 10.8. The quantitative estimate of drug-likeness (QED) is 0.778. The average Bonchev–Trinajstić information content (AvgIpc) is 2.99. The molecule has 8 heteroatoms. The lowest BCUT2D eigenvalue weighted by molar-refractivity contribution is 0.122. The summed E-state index contributed by atoms with van der Waals surface area (Å²) < 4.78 is 30.9. The predicted molar refractivity (Wildman–Crippen MR) is 95.5 cm³/mol. The van der Waals surface area contributed by atoms with Crippen LogP contribution < -0.4 is 4.90 Å². The highest BCUT2D eigenvalue weighted by molar-refractivity contribution is 7.91. The highest BCUT2D eigenvalue weighted by Crippen LogP contribution is 2.39. The van der Waals surface area contributed by atoms with Gasteiger partial charge in [-0.2, -0.15) is 0 Å². The van der Waals surface area contributed by atoms with Crippen molar-refractivity contribution in [2.24, 2.45) is 5.92 Å². The lowest BCUT2D eigenvalue weighted by Crippen LogP contribution is -2.39. The first-order valence-electron chi connectivity index (χ1n) is 9.06. The molecule has 1 aromatic heterocycles. The molecule has 0 unspecified atom stereocenters. The summed E-state index contributed by atoms with van der Waals surface area (Å²) in [5, 5.41) is -0.328. The largest absolute Gasteiger partial charge is 0.378 e. The summed E-state index contributed by atoms with van der Waals surface area (Å²) in [7, 11) is -3.14. The smallest absolute Gasteiger partial charge is 0.225 e. The van der Waals surface area contributed by atoms with Gasteiger partial charge in [0.1, 0.15) is 0 Å². The fourth-order valence-electron chi connectivity index (χ4n) is 4.23. The van der Waals surface area contributed by atoms with Crippen molar-refractivity contribution in [1.82, 2.24) is 14.9 Å². The highest BCUT2D eigenvalue weighted by Gasteiger charge is 2.47. The molecule has 2 saturated heterocycles. The third-order valence-electron chi connectivity index (χ3n) is 5.31. The molecular formula is C17H26N4O3S. The maximum absolute atomic E-state index is 12.7. The molecule has 0 radical (unpaired) electrons. The van der Waals surface area contributed by atoms with Crippen LogP contribution >= 0.6 is 0 Å². The van der Waals surface area contributed by atoms with Crippen LogP contribution in [0.25, 0.3) is 0 Å². The Morgan fingerprint density at radius 2 is 2.04 bits per heavy atom. The molecule has 3 aliphatic heterocycles. The van der Waals surface area contributed by atoms with Gasteiger partial charge in [-0.05, 0) is 5.92 Å². The van der Waals surface area contributed by atoms with Crippen LogP contribution in [0.4, 0.5) is 5.95 Å². The van der Waals surface area contributed by atoms with Gasteiger partial charge in [-0.3, -0.25) is 0 Å². The third-order valence-corrected chi connectivity index (χ3v) is 7.43. The number of hydrogen-bond acceptors (Lipinski definition) is 7. The molecule has 138 valence electrons. The van der Waals surface area contributed by atoms with Crippen molar-refractivity contribution < 1.29 is 13.2 Å². The number of ether oxygens (including phenoxy) is 1. The minimum Gasteiger partial charge on any atom is -0.378 e. The molecule has 0 bridgehead atoms. The summed E-state index contributed by atoms with van der Waals surface area (Å²) in [5.41, 5.74) is 1.73. The Hall–Kier alpha value is -1.25. The van der Waals surface area contributed by atoms with E-state index in [4.69, 9.17) is 9.72 Å². The Morgan fingerprint density at radius 3 is 2.76 bits per heavy atom. The van der Waals surface area contributed by atoms with Gasteiger partial charge in [0.15, 0.2) is 9.84 Å². The van der Waals surface area contributed by atoms with E-state index in [0.717, 1.165) is 37.4 Å². The van der Waals surface area contributed by atoms with Crippen LogP contribution in [0.15, 0.2) is 6.20 Å². The minimum absolute atomic E-state index is 0.0321. The van der Waals surface area contributed by atoms with Gasteiger partial charge >= 0.3 is 0 Å². The van der Waals surface area contributed by atoms with E-state index in [0.29, 0.717) is 31.6 Å². The second-order valence-corrected chi connectivity index (χ2v) is 9.96. The summed E-state index contributed by atoms with van der Waals surface area (Å²) >= 11 is 0. The van der Waals surface area contributed by atoms with Crippen molar-refractivity contribution in [2.45, 2.75) is 30.8 Å². The first-order chi connectivity index (χ1) is 11.9.